The van der Waals surface area contributed by atoms with Crippen molar-refractivity contribution in [2.24, 2.45) is 0 Å². The van der Waals surface area contributed by atoms with Crippen LogP contribution in [0.15, 0.2) is 66.9 Å². The molecule has 0 aliphatic heterocycles. The molecule has 35 heavy (non-hydrogen) atoms. The lowest BCUT2D eigenvalue weighted by Crippen LogP contribution is -2.44. The Morgan fingerprint density at radius 2 is 1.77 bits per heavy atom. The molecule has 0 unspecified atom stereocenters. The normalized spacial score (nSPS) is 13.6. The molecule has 3 amide bonds. The maximum absolute atomic E-state index is 12.2. The second-order valence-corrected chi connectivity index (χ2v) is 8.60. The van der Waals surface area contributed by atoms with Gasteiger partial charge in [-0.2, -0.15) is 5.10 Å². The third kappa shape index (κ3) is 6.80. The number of imide groups is 1. The van der Waals surface area contributed by atoms with Gasteiger partial charge in [0.1, 0.15) is 0 Å². The average molecular weight is 493 g/mol. The second kappa shape index (κ2) is 11.5. The van der Waals surface area contributed by atoms with Gasteiger partial charge in [0.15, 0.2) is 6.61 Å². The van der Waals surface area contributed by atoms with E-state index in [1.165, 1.54) is 6.08 Å². The number of aromatic nitrogens is 2. The molecule has 180 valence electrons. The minimum Gasteiger partial charge on any atom is -0.452 e. The predicted molar refractivity (Wildman–Crippen MR) is 133 cm³/mol. The molecule has 0 radical (unpaired) electrons. The smallest absolute Gasteiger partial charge is 0.331 e. The number of ether oxygens (including phenoxy) is 1. The van der Waals surface area contributed by atoms with E-state index in [-0.39, 0.29) is 6.04 Å². The summed E-state index contributed by atoms with van der Waals surface area (Å²) in [5.74, 6) is -1.41. The summed E-state index contributed by atoms with van der Waals surface area (Å²) in [7, 11) is 0. The summed E-state index contributed by atoms with van der Waals surface area (Å²) in [5, 5.41) is 10.2. The lowest BCUT2D eigenvalue weighted by Gasteiger charge is -2.12. The largest absolute Gasteiger partial charge is 0.452 e. The first-order chi connectivity index (χ1) is 17.0. The van der Waals surface area contributed by atoms with Gasteiger partial charge < -0.3 is 10.1 Å². The number of nitrogens with zero attached hydrogens (tertiary/aromatic N) is 2. The van der Waals surface area contributed by atoms with E-state index in [9.17, 15) is 14.4 Å². The van der Waals surface area contributed by atoms with E-state index < -0.39 is 24.5 Å². The predicted octanol–water partition coefficient (Wildman–Crippen LogP) is 4.52. The van der Waals surface area contributed by atoms with Gasteiger partial charge in [0.25, 0.3) is 5.91 Å². The molecule has 1 fully saturated rings. The fourth-order valence-electron chi connectivity index (χ4n) is 3.85. The first kappa shape index (κ1) is 24.2. The van der Waals surface area contributed by atoms with Gasteiger partial charge in [-0.1, -0.05) is 54.8 Å². The van der Waals surface area contributed by atoms with Crippen LogP contribution in [0.5, 0.6) is 0 Å². The molecule has 1 aliphatic rings. The van der Waals surface area contributed by atoms with Crippen molar-refractivity contribution in [3.05, 3.63) is 77.5 Å². The minimum atomic E-state index is -0.717. The van der Waals surface area contributed by atoms with Gasteiger partial charge in [-0.3, -0.25) is 10.1 Å². The molecule has 0 atom stereocenters. The summed E-state index contributed by atoms with van der Waals surface area (Å²) in [6.07, 6.45) is 8.52. The van der Waals surface area contributed by atoms with Crippen molar-refractivity contribution in [1.82, 2.24) is 20.4 Å². The molecule has 1 heterocycles. The van der Waals surface area contributed by atoms with Crippen LogP contribution in [-0.2, 0) is 14.3 Å². The van der Waals surface area contributed by atoms with Crippen molar-refractivity contribution in [3.63, 3.8) is 0 Å². The van der Waals surface area contributed by atoms with Crippen LogP contribution in [0, 0.1) is 0 Å². The van der Waals surface area contributed by atoms with Crippen LogP contribution >= 0.6 is 11.6 Å². The van der Waals surface area contributed by atoms with Crippen LogP contribution in [0.2, 0.25) is 5.02 Å². The Bertz CT molecular complexity index is 1220. The van der Waals surface area contributed by atoms with Gasteiger partial charge in [0, 0.05) is 34.5 Å². The molecule has 1 aromatic heterocycles. The van der Waals surface area contributed by atoms with Crippen molar-refractivity contribution < 1.29 is 19.1 Å². The molecule has 3 aromatic rings. The molecule has 0 saturated heterocycles. The van der Waals surface area contributed by atoms with E-state index >= 15 is 0 Å². The summed E-state index contributed by atoms with van der Waals surface area (Å²) in [5.41, 5.74) is 3.01. The van der Waals surface area contributed by atoms with E-state index in [1.54, 1.807) is 29.1 Å². The van der Waals surface area contributed by atoms with Crippen LogP contribution in [-0.4, -0.2) is 40.3 Å². The first-order valence-corrected chi connectivity index (χ1v) is 11.7. The van der Waals surface area contributed by atoms with Gasteiger partial charge in [0.2, 0.25) is 0 Å². The average Bonchev–Trinajstić information content (AvgIpc) is 3.52. The number of urea groups is 1. The van der Waals surface area contributed by atoms with Crippen molar-refractivity contribution in [3.8, 4) is 16.9 Å². The van der Waals surface area contributed by atoms with Crippen molar-refractivity contribution in [2.75, 3.05) is 6.61 Å². The molecular formula is C26H25ClN4O4. The molecule has 8 nitrogen and oxygen atoms in total. The standard InChI is InChI=1S/C26H25ClN4O4/c27-20-13-10-18(11-14-20)25-19(16-31(30-25)22-8-2-1-3-9-22)12-15-24(33)35-17-23(32)29-26(34)28-21-6-4-5-7-21/h1-3,8-16,21H,4-7,17H2,(H2,28,29,32,34)/b15-12+. The maximum Gasteiger partial charge on any atom is 0.331 e. The number of benzene rings is 2. The Kier molecular flexibility index (Phi) is 7.95. The number of nitrogens with one attached hydrogen (secondary N) is 2. The summed E-state index contributed by atoms with van der Waals surface area (Å²) in [4.78, 5) is 36.0. The number of para-hydroxylation sites is 1. The number of hydrogen-bond donors (Lipinski definition) is 2. The lowest BCUT2D eigenvalue weighted by molar-refractivity contribution is -0.143. The molecule has 0 bridgehead atoms. The van der Waals surface area contributed by atoms with Crippen molar-refractivity contribution >= 4 is 35.6 Å². The van der Waals surface area contributed by atoms with Crippen LogP contribution in [0.25, 0.3) is 23.0 Å². The molecule has 2 N–H and O–H groups in total. The SMILES string of the molecule is O=C(COC(=O)/C=C/c1cn(-c2ccccc2)nc1-c1ccc(Cl)cc1)NC(=O)NC1CCCC1. The highest BCUT2D eigenvalue weighted by Gasteiger charge is 2.18. The molecule has 0 spiro atoms. The lowest BCUT2D eigenvalue weighted by atomic mass is 10.1. The second-order valence-electron chi connectivity index (χ2n) is 8.16. The first-order valence-electron chi connectivity index (χ1n) is 11.3. The number of carbonyl (C=O) groups excluding carboxylic acids is 3. The highest BCUT2D eigenvalue weighted by molar-refractivity contribution is 6.30. The Balaban J connectivity index is 1.40. The zero-order valence-corrected chi connectivity index (χ0v) is 19.7. The Morgan fingerprint density at radius 1 is 1.06 bits per heavy atom. The van der Waals surface area contributed by atoms with E-state index in [0.717, 1.165) is 36.9 Å². The van der Waals surface area contributed by atoms with Crippen molar-refractivity contribution in [2.45, 2.75) is 31.7 Å². The van der Waals surface area contributed by atoms with Crippen LogP contribution in [0.4, 0.5) is 4.79 Å². The zero-order valence-electron chi connectivity index (χ0n) is 18.9. The highest BCUT2D eigenvalue weighted by atomic mass is 35.5. The molecule has 2 aromatic carbocycles. The molecule has 1 aliphatic carbocycles. The number of rotatable bonds is 7. The Labute approximate surface area is 207 Å². The van der Waals surface area contributed by atoms with Gasteiger partial charge in [0.05, 0.1) is 11.4 Å². The topological polar surface area (TPSA) is 102 Å². The number of hydrogen-bond acceptors (Lipinski definition) is 5. The van der Waals surface area contributed by atoms with Gasteiger partial charge in [-0.25, -0.2) is 14.3 Å². The summed E-state index contributed by atoms with van der Waals surface area (Å²) >= 11 is 6.02. The van der Waals surface area contributed by atoms with Gasteiger partial charge in [-0.15, -0.1) is 0 Å². The third-order valence-electron chi connectivity index (χ3n) is 5.57. The van der Waals surface area contributed by atoms with Crippen LogP contribution < -0.4 is 10.6 Å². The zero-order chi connectivity index (χ0) is 24.6. The van der Waals surface area contributed by atoms with E-state index in [1.807, 2.05) is 42.5 Å². The monoisotopic (exact) mass is 492 g/mol. The number of carbonyl (C=O) groups is 3. The maximum atomic E-state index is 12.2. The highest BCUT2D eigenvalue weighted by Crippen LogP contribution is 2.26. The molecular weight excluding hydrogens is 468 g/mol. The number of amides is 3. The summed E-state index contributed by atoms with van der Waals surface area (Å²) in [6.45, 7) is -0.561. The van der Waals surface area contributed by atoms with Gasteiger partial charge in [-0.05, 0) is 43.2 Å². The third-order valence-corrected chi connectivity index (χ3v) is 5.82. The number of halogens is 1. The minimum absolute atomic E-state index is 0.0833. The molecule has 1 saturated carbocycles. The van der Waals surface area contributed by atoms with Crippen LogP contribution in [0.1, 0.15) is 31.2 Å². The Hall–Kier alpha value is -3.91. The Morgan fingerprint density at radius 3 is 2.49 bits per heavy atom. The quantitative estimate of drug-likeness (QED) is 0.373. The van der Waals surface area contributed by atoms with E-state index in [2.05, 4.69) is 15.7 Å². The van der Waals surface area contributed by atoms with E-state index in [4.69, 9.17) is 16.3 Å². The summed E-state index contributed by atoms with van der Waals surface area (Å²) in [6, 6.07) is 16.3. The van der Waals surface area contributed by atoms with Crippen molar-refractivity contribution in [1.29, 1.82) is 0 Å². The molecule has 4 rings (SSSR count). The van der Waals surface area contributed by atoms with Gasteiger partial charge >= 0.3 is 12.0 Å². The fraction of sp³-hybridized carbons (Fsp3) is 0.231. The number of esters is 1. The fourth-order valence-corrected chi connectivity index (χ4v) is 3.98. The van der Waals surface area contributed by atoms with Crippen LogP contribution in [0.3, 0.4) is 0 Å². The van der Waals surface area contributed by atoms with E-state index in [0.29, 0.717) is 16.3 Å². The summed E-state index contributed by atoms with van der Waals surface area (Å²) < 4.78 is 6.70. The molecule has 9 heteroatoms.